The molecular formula is C60H49N21O4. The monoisotopic (exact) mass is 1130 g/mol. The minimum Gasteiger partial charge on any atom is -0.317 e. The normalized spacial score (nSPS) is 10.6. The zero-order valence-corrected chi connectivity index (χ0v) is 45.9. The van der Waals surface area contributed by atoms with Gasteiger partial charge < -0.3 is 16.0 Å². The fraction of sp³-hybridized carbons (Fsp3) is 0.0833. The zero-order valence-electron chi connectivity index (χ0n) is 45.9. The maximum absolute atomic E-state index is 12.9. The van der Waals surface area contributed by atoms with Crippen molar-refractivity contribution >= 4 is 40.6 Å². The van der Waals surface area contributed by atoms with Crippen LogP contribution in [0, 0.1) is 0 Å². The zero-order chi connectivity index (χ0) is 59.1. The van der Waals surface area contributed by atoms with E-state index in [0.29, 0.717) is 85.4 Å². The molecule has 12 rings (SSSR count). The molecule has 0 spiro atoms. The van der Waals surface area contributed by atoms with Crippen LogP contribution in [0.1, 0.15) is 44.1 Å². The van der Waals surface area contributed by atoms with E-state index in [9.17, 15) is 19.2 Å². The average molecular weight is 1130 g/mol. The van der Waals surface area contributed by atoms with Crippen molar-refractivity contribution in [3.63, 3.8) is 0 Å². The summed E-state index contributed by atoms with van der Waals surface area (Å²) in [5, 5.41) is 21.7. The van der Waals surface area contributed by atoms with Crippen molar-refractivity contribution in [3.8, 4) is 67.9 Å². The van der Waals surface area contributed by atoms with Crippen molar-refractivity contribution in [3.05, 3.63) is 219 Å². The van der Waals surface area contributed by atoms with Crippen LogP contribution in [0.2, 0.25) is 0 Å². The van der Waals surface area contributed by atoms with Gasteiger partial charge in [-0.3, -0.25) is 78.1 Å². The second-order valence-electron chi connectivity index (χ2n) is 18.4. The van der Waals surface area contributed by atoms with Gasteiger partial charge in [0.25, 0.3) is 17.7 Å². The highest BCUT2D eigenvalue weighted by Crippen LogP contribution is 2.28. The van der Waals surface area contributed by atoms with Crippen LogP contribution in [-0.4, -0.2) is 113 Å². The first-order chi connectivity index (χ1) is 41.4. The van der Waals surface area contributed by atoms with Gasteiger partial charge in [0.1, 0.15) is 57.0 Å². The third-order valence-corrected chi connectivity index (χ3v) is 12.1. The number of carbonyl (C=O) groups is 4. The molecule has 0 aliphatic rings. The van der Waals surface area contributed by atoms with Crippen LogP contribution in [0.15, 0.2) is 196 Å². The molecule has 12 aromatic rings. The van der Waals surface area contributed by atoms with E-state index in [1.165, 1.54) is 6.92 Å². The molecule has 85 heavy (non-hydrogen) atoms. The van der Waals surface area contributed by atoms with Gasteiger partial charge in [-0.25, -0.2) is 15.0 Å². The topological polar surface area (TPSA) is 313 Å². The van der Waals surface area contributed by atoms with E-state index < -0.39 is 0 Å². The van der Waals surface area contributed by atoms with Gasteiger partial charge in [0.2, 0.25) is 0 Å². The van der Waals surface area contributed by atoms with Crippen molar-refractivity contribution < 1.29 is 19.2 Å². The summed E-state index contributed by atoms with van der Waals surface area (Å²) < 4.78 is 4.82. The number of amides is 3. The molecule has 3 N–H and O–H groups in total. The Bertz CT molecular complexity index is 4080. The van der Waals surface area contributed by atoms with Crippen LogP contribution in [0.5, 0.6) is 0 Å². The van der Waals surface area contributed by atoms with Gasteiger partial charge in [-0.05, 0) is 79.7 Å². The molecule has 0 bridgehead atoms. The smallest absolute Gasteiger partial charge is 0.274 e. The number of hydrogen-bond donors (Lipinski definition) is 3. The van der Waals surface area contributed by atoms with Crippen LogP contribution in [-0.2, 0) is 32.4 Å². The van der Waals surface area contributed by atoms with Crippen molar-refractivity contribution in [1.82, 2.24) is 89.1 Å². The summed E-state index contributed by atoms with van der Waals surface area (Å²) in [5.41, 5.74) is 10.9. The van der Waals surface area contributed by atoms with Crippen molar-refractivity contribution in [2.24, 2.45) is 21.1 Å². The number of Topliss-reactive ketones (excluding diaryl/α,β-unsaturated/α-hetero) is 1. The van der Waals surface area contributed by atoms with Crippen LogP contribution in [0.3, 0.4) is 0 Å². The van der Waals surface area contributed by atoms with Gasteiger partial charge in [-0.15, -0.1) is 0 Å². The molecule has 0 saturated carbocycles. The lowest BCUT2D eigenvalue weighted by molar-refractivity contribution is -0.116. The molecule has 418 valence electrons. The third-order valence-electron chi connectivity index (χ3n) is 12.1. The summed E-state index contributed by atoms with van der Waals surface area (Å²) in [6.07, 6.45) is 28.1. The predicted molar refractivity (Wildman–Crippen MR) is 313 cm³/mol. The molecule has 0 aromatic carbocycles. The first-order valence-corrected chi connectivity index (χ1v) is 25.9. The Labute approximate surface area is 484 Å². The number of hydrogen-bond acceptors (Lipinski definition) is 19. The Morgan fingerprint density at radius 1 is 0.376 bits per heavy atom. The van der Waals surface area contributed by atoms with E-state index in [1.807, 2.05) is 42.5 Å². The van der Waals surface area contributed by atoms with Gasteiger partial charge in [0, 0.05) is 137 Å². The van der Waals surface area contributed by atoms with E-state index >= 15 is 0 Å². The highest BCUT2D eigenvalue weighted by Gasteiger charge is 2.20. The molecular weight excluding hydrogens is 1080 g/mol. The number of nitrogens with one attached hydrogen (secondary N) is 3. The Hall–Kier alpha value is -12.2. The fourth-order valence-electron chi connectivity index (χ4n) is 8.27. The SMILES string of the molecule is CC(=O)Cc1ccc(-c2cccc(C(=O)Nc3cn(C)nc3-c3cnccn3)n2)cn1.Cn1cc(NC(=O)c2cccc(-c3cccnc3)n2)c(-c2cnccn2)n1.Cn1cc(NC(=O)c2cccc(-c3ccncc3)n2)c(-c2cnccn2)n1. The van der Waals surface area contributed by atoms with Crippen molar-refractivity contribution in [2.75, 3.05) is 16.0 Å². The van der Waals surface area contributed by atoms with Gasteiger partial charge in [0.05, 0.1) is 52.7 Å². The Kier molecular flexibility index (Phi) is 17.4. The predicted octanol–water partition coefficient (Wildman–Crippen LogP) is 7.89. The highest BCUT2D eigenvalue weighted by molar-refractivity contribution is 6.06. The Morgan fingerprint density at radius 2 is 0.788 bits per heavy atom. The molecule has 12 heterocycles. The number of aryl methyl sites for hydroxylation is 3. The summed E-state index contributed by atoms with van der Waals surface area (Å²) in [6, 6.07) is 26.8. The van der Waals surface area contributed by atoms with Crippen molar-refractivity contribution in [1.29, 1.82) is 0 Å². The number of ketones is 1. The van der Waals surface area contributed by atoms with E-state index in [-0.39, 0.29) is 35.6 Å². The van der Waals surface area contributed by atoms with Gasteiger partial charge >= 0.3 is 0 Å². The highest BCUT2D eigenvalue weighted by atomic mass is 16.2. The number of pyridine rings is 6. The molecule has 0 unspecified atom stereocenters. The number of nitrogens with zero attached hydrogens (tertiary/aromatic N) is 18. The first kappa shape index (κ1) is 56.1. The molecule has 0 aliphatic heterocycles. The van der Waals surface area contributed by atoms with Crippen molar-refractivity contribution in [2.45, 2.75) is 13.3 Å². The minimum atomic E-state index is -0.374. The second-order valence-corrected chi connectivity index (χ2v) is 18.4. The third kappa shape index (κ3) is 14.4. The molecule has 0 saturated heterocycles. The van der Waals surface area contributed by atoms with E-state index in [1.54, 1.807) is 189 Å². The molecule has 0 radical (unpaired) electrons. The summed E-state index contributed by atoms with van der Waals surface area (Å²) in [5.74, 6) is -0.989. The molecule has 0 aliphatic carbocycles. The van der Waals surface area contributed by atoms with Crippen LogP contribution in [0.25, 0.3) is 67.9 Å². The summed E-state index contributed by atoms with van der Waals surface area (Å²) in [4.78, 5) is 100. The van der Waals surface area contributed by atoms with Gasteiger partial charge in [-0.2, -0.15) is 15.3 Å². The average Bonchev–Trinajstić information content (AvgIpc) is 4.48. The summed E-state index contributed by atoms with van der Waals surface area (Å²) >= 11 is 0. The summed E-state index contributed by atoms with van der Waals surface area (Å²) in [7, 11) is 5.31. The number of anilines is 3. The number of carbonyl (C=O) groups excluding carboxylic acids is 4. The second kappa shape index (κ2) is 26.4. The Balaban J connectivity index is 0.000000142. The van der Waals surface area contributed by atoms with Crippen LogP contribution >= 0.6 is 0 Å². The Morgan fingerprint density at radius 3 is 1.15 bits per heavy atom. The van der Waals surface area contributed by atoms with Gasteiger partial charge in [-0.1, -0.05) is 18.2 Å². The molecule has 0 fully saturated rings. The largest absolute Gasteiger partial charge is 0.317 e. The lowest BCUT2D eigenvalue weighted by Crippen LogP contribution is -2.14. The molecule has 3 amide bonds. The molecule has 12 aromatic heterocycles. The molecule has 25 heteroatoms. The van der Waals surface area contributed by atoms with Crippen LogP contribution in [0.4, 0.5) is 17.1 Å². The fourth-order valence-corrected chi connectivity index (χ4v) is 8.27. The van der Waals surface area contributed by atoms with Gasteiger partial charge in [0.15, 0.2) is 0 Å². The number of rotatable bonds is 14. The standard InChI is InChI=1S/C22H19N7O2.2C19H15N7O/c1-14(30)10-16-7-6-15(11-25-16)17-4-3-5-18(26-17)22(31)27-20-13-29(2)28-21(20)19-12-23-8-9-24-19;1-26-12-17(18(25-26)16-11-21-8-9-22-16)24-19(27)15-6-2-5-14(23-15)13-4-3-7-20-10-13;1-26-12-17(18(25-26)16-11-21-9-10-22-16)24-19(27)15-4-2-3-14(23-15)13-5-7-20-8-6-13/h3-9,11-13H,10H2,1-2H3,(H,27,31);2*2-12H,1H3,(H,24,27). The van der Waals surface area contributed by atoms with E-state index in [2.05, 4.69) is 91.1 Å². The lowest BCUT2D eigenvalue weighted by atomic mass is 10.1. The quantitative estimate of drug-likeness (QED) is 0.0931. The van der Waals surface area contributed by atoms with Crippen LogP contribution < -0.4 is 16.0 Å². The minimum absolute atomic E-state index is 0.0494. The summed E-state index contributed by atoms with van der Waals surface area (Å²) in [6.45, 7) is 1.53. The van der Waals surface area contributed by atoms with E-state index in [4.69, 9.17) is 0 Å². The van der Waals surface area contributed by atoms with E-state index in [0.717, 1.165) is 16.7 Å². The lowest BCUT2D eigenvalue weighted by Gasteiger charge is -2.07. The molecule has 25 nitrogen and oxygen atoms in total. The molecule has 0 atom stereocenters. The maximum Gasteiger partial charge on any atom is 0.274 e. The first-order valence-electron chi connectivity index (χ1n) is 25.9. The number of aromatic nitrogens is 18. The maximum atomic E-state index is 12.9.